The molecule has 1 saturated heterocycles. The molecule has 2 amide bonds. The van der Waals surface area contributed by atoms with Crippen molar-refractivity contribution in [2.45, 2.75) is 49.5 Å². The molecule has 3 aliphatic rings. The zero-order chi connectivity index (χ0) is 24.4. The van der Waals surface area contributed by atoms with Crippen molar-refractivity contribution in [3.63, 3.8) is 0 Å². The zero-order valence-electron chi connectivity index (χ0n) is 19.8. The van der Waals surface area contributed by atoms with Crippen LogP contribution in [0.1, 0.15) is 52.7 Å². The summed E-state index contributed by atoms with van der Waals surface area (Å²) in [6.07, 6.45) is 9.53. The monoisotopic (exact) mass is 493 g/mol. The summed E-state index contributed by atoms with van der Waals surface area (Å²) in [4.78, 5) is 26.8. The minimum atomic E-state index is -3.57. The molecular weight excluding hydrogens is 462 g/mol. The first-order chi connectivity index (χ1) is 16.9. The summed E-state index contributed by atoms with van der Waals surface area (Å²) in [6, 6.07) is 13.0. The van der Waals surface area contributed by atoms with Gasteiger partial charge in [-0.25, -0.2) is 8.42 Å². The quantitative estimate of drug-likeness (QED) is 0.627. The van der Waals surface area contributed by atoms with E-state index < -0.39 is 10.0 Å². The number of nitrogens with one attached hydrogen (secondary N) is 1. The Hall–Kier alpha value is -2.97. The second-order valence-corrected chi connectivity index (χ2v) is 11.5. The molecule has 7 nitrogen and oxygen atoms in total. The van der Waals surface area contributed by atoms with Crippen LogP contribution in [-0.4, -0.2) is 61.7 Å². The average Bonchev–Trinajstić information content (AvgIpc) is 3.71. The molecular formula is C27H31N3O4S. The van der Waals surface area contributed by atoms with Gasteiger partial charge in [-0.15, -0.1) is 0 Å². The molecule has 184 valence electrons. The Morgan fingerprint density at radius 2 is 1.57 bits per heavy atom. The van der Waals surface area contributed by atoms with Gasteiger partial charge < -0.3 is 10.2 Å². The molecule has 5 rings (SSSR count). The minimum Gasteiger partial charge on any atom is -0.349 e. The van der Waals surface area contributed by atoms with Crippen LogP contribution in [0.25, 0.3) is 6.08 Å². The highest BCUT2D eigenvalue weighted by molar-refractivity contribution is 7.89. The van der Waals surface area contributed by atoms with Crippen LogP contribution in [0.2, 0.25) is 0 Å². The van der Waals surface area contributed by atoms with E-state index in [0.717, 1.165) is 49.7 Å². The molecule has 1 aliphatic heterocycles. The fourth-order valence-electron chi connectivity index (χ4n) is 4.68. The predicted octanol–water partition coefficient (Wildman–Crippen LogP) is 3.00. The topological polar surface area (TPSA) is 86.8 Å². The lowest BCUT2D eigenvalue weighted by atomic mass is 9.92. The summed E-state index contributed by atoms with van der Waals surface area (Å²) < 4.78 is 27.8. The summed E-state index contributed by atoms with van der Waals surface area (Å²) in [5.41, 5.74) is 3.84. The summed E-state index contributed by atoms with van der Waals surface area (Å²) in [5, 5.41) is 2.96. The lowest BCUT2D eigenvalue weighted by Gasteiger charge is -2.33. The van der Waals surface area contributed by atoms with Crippen LogP contribution in [0.5, 0.6) is 0 Å². The maximum Gasteiger partial charge on any atom is 0.251 e. The second kappa shape index (κ2) is 9.95. The number of carbonyl (C=O) groups is 2. The van der Waals surface area contributed by atoms with Crippen molar-refractivity contribution in [1.29, 1.82) is 0 Å². The van der Waals surface area contributed by atoms with Crippen LogP contribution in [0.15, 0.2) is 53.4 Å². The van der Waals surface area contributed by atoms with E-state index in [9.17, 15) is 18.0 Å². The second-order valence-electron chi connectivity index (χ2n) is 9.57. The van der Waals surface area contributed by atoms with Gasteiger partial charge in [0.1, 0.15) is 0 Å². The number of sulfonamides is 1. The van der Waals surface area contributed by atoms with Gasteiger partial charge in [0, 0.05) is 43.9 Å². The van der Waals surface area contributed by atoms with E-state index in [4.69, 9.17) is 0 Å². The average molecular weight is 494 g/mol. The van der Waals surface area contributed by atoms with E-state index in [1.54, 1.807) is 29.2 Å². The highest BCUT2D eigenvalue weighted by atomic mass is 32.2. The Morgan fingerprint density at radius 1 is 0.886 bits per heavy atom. The number of amides is 2. The van der Waals surface area contributed by atoms with Gasteiger partial charge in [-0.3, -0.25) is 9.59 Å². The summed E-state index contributed by atoms with van der Waals surface area (Å²) >= 11 is 0. The third kappa shape index (κ3) is 5.49. The van der Waals surface area contributed by atoms with Crippen molar-refractivity contribution in [3.8, 4) is 0 Å². The molecule has 8 heteroatoms. The fourth-order valence-corrected chi connectivity index (χ4v) is 6.16. The van der Waals surface area contributed by atoms with Crippen LogP contribution in [0, 0.1) is 0 Å². The number of aryl methyl sites for hydroxylation is 2. The molecule has 1 N–H and O–H groups in total. The molecule has 1 heterocycles. The summed E-state index contributed by atoms with van der Waals surface area (Å²) in [7, 11) is -3.57. The molecule has 0 radical (unpaired) electrons. The maximum absolute atomic E-state index is 13.2. The number of rotatable bonds is 6. The van der Waals surface area contributed by atoms with Crippen molar-refractivity contribution >= 4 is 27.9 Å². The van der Waals surface area contributed by atoms with E-state index in [2.05, 4.69) is 5.32 Å². The van der Waals surface area contributed by atoms with E-state index >= 15 is 0 Å². The molecule has 2 fully saturated rings. The Balaban J connectivity index is 1.16. The Labute approximate surface area is 206 Å². The van der Waals surface area contributed by atoms with E-state index in [1.165, 1.54) is 15.9 Å². The van der Waals surface area contributed by atoms with Gasteiger partial charge in [0.15, 0.2) is 0 Å². The lowest BCUT2D eigenvalue weighted by molar-refractivity contribution is -0.127. The highest BCUT2D eigenvalue weighted by Gasteiger charge is 2.30. The van der Waals surface area contributed by atoms with Crippen molar-refractivity contribution in [2.24, 2.45) is 0 Å². The predicted molar refractivity (Wildman–Crippen MR) is 134 cm³/mol. The number of benzene rings is 2. The smallest absolute Gasteiger partial charge is 0.251 e. The van der Waals surface area contributed by atoms with Gasteiger partial charge in [-0.05, 0) is 85.6 Å². The first-order valence-corrected chi connectivity index (χ1v) is 13.8. The Morgan fingerprint density at radius 3 is 2.26 bits per heavy atom. The third-order valence-corrected chi connectivity index (χ3v) is 8.91. The normalized spacial score (nSPS) is 18.9. The SMILES string of the molecule is O=C(NC1CC1)c1ccc(/C=C/C(=O)N2CCN(S(=O)(=O)c3ccc4c(c3)CCCC4)CC2)cc1. The molecule has 1 saturated carbocycles. The summed E-state index contributed by atoms with van der Waals surface area (Å²) in [6.45, 7) is 1.27. The number of fused-ring (bicyclic) bond motifs is 1. The van der Waals surface area contributed by atoms with Crippen molar-refractivity contribution < 1.29 is 18.0 Å². The van der Waals surface area contributed by atoms with Crippen LogP contribution in [0.3, 0.4) is 0 Å². The molecule has 0 unspecified atom stereocenters. The number of nitrogens with zero attached hydrogens (tertiary/aromatic N) is 2. The van der Waals surface area contributed by atoms with Crippen molar-refractivity contribution in [2.75, 3.05) is 26.2 Å². The molecule has 2 aliphatic carbocycles. The van der Waals surface area contributed by atoms with Gasteiger partial charge in [-0.2, -0.15) is 4.31 Å². The number of hydrogen-bond acceptors (Lipinski definition) is 4. The van der Waals surface area contributed by atoms with Crippen LogP contribution in [0.4, 0.5) is 0 Å². The Kier molecular flexibility index (Phi) is 6.75. The highest BCUT2D eigenvalue weighted by Crippen LogP contribution is 2.26. The standard InChI is InChI=1S/C27H31N3O4S/c31-26(14-7-20-5-8-22(9-6-20)27(32)28-24-11-12-24)29-15-17-30(18-16-29)35(33,34)25-13-10-21-3-1-2-4-23(21)19-25/h5-10,13-14,19,24H,1-4,11-12,15-18H2,(H,28,32)/b14-7+. The first-order valence-electron chi connectivity index (χ1n) is 12.4. The fraction of sp³-hybridized carbons (Fsp3) is 0.407. The third-order valence-electron chi connectivity index (χ3n) is 7.01. The summed E-state index contributed by atoms with van der Waals surface area (Å²) in [5.74, 6) is -0.214. The molecule has 2 aromatic rings. The molecule has 0 atom stereocenters. The van der Waals surface area contributed by atoms with E-state index in [0.29, 0.717) is 29.6 Å². The van der Waals surface area contributed by atoms with Gasteiger partial charge in [0.2, 0.25) is 15.9 Å². The largest absolute Gasteiger partial charge is 0.349 e. The van der Waals surface area contributed by atoms with Gasteiger partial charge in [0.25, 0.3) is 5.91 Å². The number of piperazine rings is 1. The van der Waals surface area contributed by atoms with Crippen molar-refractivity contribution in [3.05, 3.63) is 70.8 Å². The molecule has 0 bridgehead atoms. The molecule has 35 heavy (non-hydrogen) atoms. The Bertz CT molecular complexity index is 1240. The van der Waals surface area contributed by atoms with Gasteiger partial charge >= 0.3 is 0 Å². The van der Waals surface area contributed by atoms with Gasteiger partial charge in [0.05, 0.1) is 4.90 Å². The lowest BCUT2D eigenvalue weighted by Crippen LogP contribution is -2.50. The number of carbonyl (C=O) groups excluding carboxylic acids is 2. The van der Waals surface area contributed by atoms with E-state index in [1.807, 2.05) is 24.3 Å². The van der Waals surface area contributed by atoms with Crippen LogP contribution < -0.4 is 5.32 Å². The first kappa shape index (κ1) is 23.8. The van der Waals surface area contributed by atoms with Gasteiger partial charge in [-0.1, -0.05) is 18.2 Å². The maximum atomic E-state index is 13.2. The van der Waals surface area contributed by atoms with Crippen LogP contribution in [-0.2, 0) is 27.7 Å². The molecule has 0 aromatic heterocycles. The van der Waals surface area contributed by atoms with Crippen molar-refractivity contribution in [1.82, 2.24) is 14.5 Å². The molecule has 2 aromatic carbocycles. The zero-order valence-corrected chi connectivity index (χ0v) is 20.6. The number of hydrogen-bond donors (Lipinski definition) is 1. The minimum absolute atomic E-state index is 0.0673. The van der Waals surface area contributed by atoms with Crippen LogP contribution >= 0.6 is 0 Å². The van der Waals surface area contributed by atoms with E-state index in [-0.39, 0.29) is 24.9 Å². The molecule has 0 spiro atoms.